The molecule has 1 atom stereocenters. The summed E-state index contributed by atoms with van der Waals surface area (Å²) in [6, 6.07) is 0. The third-order valence-electron chi connectivity index (χ3n) is 0.830. The summed E-state index contributed by atoms with van der Waals surface area (Å²) in [5.41, 5.74) is 0. The van der Waals surface area contributed by atoms with Crippen LogP contribution in [0.4, 0.5) is 0 Å². The number of hydrogen-bond acceptors (Lipinski definition) is 2. The Balaban J connectivity index is 2.83. The van der Waals surface area contributed by atoms with Crippen molar-refractivity contribution in [3.05, 3.63) is 0 Å². The van der Waals surface area contributed by atoms with E-state index in [1.54, 1.807) is 0 Å². The van der Waals surface area contributed by atoms with Crippen LogP contribution in [0.1, 0.15) is 13.3 Å². The van der Waals surface area contributed by atoms with Gasteiger partial charge in [0.15, 0.2) is 0 Å². The van der Waals surface area contributed by atoms with Gasteiger partial charge in [-0.3, -0.25) is 0 Å². The van der Waals surface area contributed by atoms with Crippen molar-refractivity contribution in [3.8, 4) is 0 Å². The van der Waals surface area contributed by atoms with Crippen LogP contribution in [0.3, 0.4) is 0 Å². The molecule has 0 fully saturated rings. The summed E-state index contributed by atoms with van der Waals surface area (Å²) in [5, 5.41) is 8.76. The molecule has 0 aromatic rings. The van der Waals surface area contributed by atoms with Gasteiger partial charge < -0.3 is 9.53 Å². The van der Waals surface area contributed by atoms with Crippen LogP contribution in [0.2, 0.25) is 0 Å². The predicted octanol–water partition coefficient (Wildman–Crippen LogP) is -0.946. The van der Waals surface area contributed by atoms with Gasteiger partial charge in [0.1, 0.15) is 10.5 Å². The molecule has 0 rings (SSSR count). The Morgan fingerprint density at radius 3 is 2.57 bits per heavy atom. The van der Waals surface area contributed by atoms with Crippen LogP contribution in [0, 0.1) is 0 Å². The number of aliphatic hydroxyl groups excluding tert-OH is 1. The van der Waals surface area contributed by atoms with Crippen LogP contribution in [-0.4, -0.2) is 28.3 Å². The van der Waals surface area contributed by atoms with Gasteiger partial charge in [-0.25, -0.2) is 0 Å². The summed E-state index contributed by atoms with van der Waals surface area (Å²) >= 11 is 0. The Kier molecular flexibility index (Phi) is 4.38. The standard InChI is InChI=1S/C4H12O2Si/c1-2-4(5)3-6-7/h4-5H,2-3H2,1,7H3. The molecule has 0 amide bonds. The van der Waals surface area contributed by atoms with Gasteiger partial charge in [-0.15, -0.1) is 0 Å². The highest BCUT2D eigenvalue weighted by molar-refractivity contribution is 5.97. The maximum Gasteiger partial charge on any atom is 0.146 e. The summed E-state index contributed by atoms with van der Waals surface area (Å²) in [4.78, 5) is 0. The van der Waals surface area contributed by atoms with Gasteiger partial charge in [-0.2, -0.15) is 0 Å². The lowest BCUT2D eigenvalue weighted by Crippen LogP contribution is -2.11. The fraction of sp³-hybridized carbons (Fsp3) is 1.00. The average Bonchev–Trinajstić information content (AvgIpc) is 1.68. The maximum absolute atomic E-state index is 8.76. The number of hydrogen-bond donors (Lipinski definition) is 1. The highest BCUT2D eigenvalue weighted by Crippen LogP contribution is 1.86. The SMILES string of the molecule is CCC(O)CO[SiH3]. The number of rotatable bonds is 3. The molecule has 7 heavy (non-hydrogen) atoms. The first-order valence-electron chi connectivity index (χ1n) is 2.48. The molecule has 0 aliphatic heterocycles. The molecular weight excluding hydrogens is 108 g/mol. The van der Waals surface area contributed by atoms with Gasteiger partial charge in [0, 0.05) is 0 Å². The van der Waals surface area contributed by atoms with E-state index in [0.717, 1.165) is 16.9 Å². The monoisotopic (exact) mass is 120 g/mol. The highest BCUT2D eigenvalue weighted by Gasteiger charge is 1.94. The van der Waals surface area contributed by atoms with Crippen molar-refractivity contribution in [1.29, 1.82) is 0 Å². The first-order chi connectivity index (χ1) is 3.31. The Morgan fingerprint density at radius 2 is 2.43 bits per heavy atom. The fourth-order valence-electron chi connectivity index (χ4n) is 0.310. The van der Waals surface area contributed by atoms with Gasteiger partial charge >= 0.3 is 0 Å². The molecular formula is C4H12O2Si. The van der Waals surface area contributed by atoms with E-state index in [2.05, 4.69) is 0 Å². The van der Waals surface area contributed by atoms with Crippen molar-refractivity contribution in [2.24, 2.45) is 0 Å². The minimum Gasteiger partial charge on any atom is -0.425 e. The molecule has 0 aliphatic carbocycles. The topological polar surface area (TPSA) is 29.5 Å². The van der Waals surface area contributed by atoms with Crippen molar-refractivity contribution in [2.45, 2.75) is 19.4 Å². The van der Waals surface area contributed by atoms with Crippen LogP contribution in [-0.2, 0) is 4.43 Å². The van der Waals surface area contributed by atoms with E-state index >= 15 is 0 Å². The second kappa shape index (κ2) is 4.30. The molecule has 0 aliphatic rings. The molecule has 0 spiro atoms. The van der Waals surface area contributed by atoms with Crippen molar-refractivity contribution in [1.82, 2.24) is 0 Å². The molecule has 1 N–H and O–H groups in total. The van der Waals surface area contributed by atoms with Crippen molar-refractivity contribution < 1.29 is 9.53 Å². The van der Waals surface area contributed by atoms with E-state index in [1.165, 1.54) is 0 Å². The molecule has 0 saturated carbocycles. The van der Waals surface area contributed by atoms with Crippen molar-refractivity contribution in [3.63, 3.8) is 0 Å². The molecule has 1 unspecified atom stereocenters. The maximum atomic E-state index is 8.76. The van der Waals surface area contributed by atoms with Crippen LogP contribution in [0.15, 0.2) is 0 Å². The highest BCUT2D eigenvalue weighted by atomic mass is 28.2. The van der Waals surface area contributed by atoms with Gasteiger partial charge in [0.05, 0.1) is 12.7 Å². The molecule has 0 saturated heterocycles. The van der Waals surface area contributed by atoms with Crippen LogP contribution in [0.5, 0.6) is 0 Å². The first kappa shape index (κ1) is 7.14. The predicted molar refractivity (Wildman–Crippen MR) is 32.2 cm³/mol. The largest absolute Gasteiger partial charge is 0.425 e. The molecule has 2 nitrogen and oxygen atoms in total. The van der Waals surface area contributed by atoms with Crippen LogP contribution >= 0.6 is 0 Å². The Bertz CT molecular complexity index is 40.7. The molecule has 3 heteroatoms. The lowest BCUT2D eigenvalue weighted by atomic mass is 10.3. The fourth-order valence-corrected chi connectivity index (χ4v) is 0.695. The molecule has 0 bridgehead atoms. The smallest absolute Gasteiger partial charge is 0.146 e. The van der Waals surface area contributed by atoms with Crippen LogP contribution in [0.25, 0.3) is 0 Å². The summed E-state index contributed by atoms with van der Waals surface area (Å²) in [5.74, 6) is 0. The van der Waals surface area contributed by atoms with E-state index in [-0.39, 0.29) is 6.10 Å². The molecule has 0 heterocycles. The second-order valence-corrected chi connectivity index (χ2v) is 2.09. The summed E-state index contributed by atoms with van der Waals surface area (Å²) in [7, 11) is 0.731. The molecule has 0 aromatic carbocycles. The molecule has 0 radical (unpaired) electrons. The zero-order valence-electron chi connectivity index (χ0n) is 4.85. The van der Waals surface area contributed by atoms with E-state index in [0.29, 0.717) is 6.61 Å². The number of aliphatic hydroxyl groups is 1. The summed E-state index contributed by atoms with van der Waals surface area (Å²) < 4.78 is 4.78. The Labute approximate surface area is 47.0 Å². The average molecular weight is 120 g/mol. The second-order valence-electron chi connectivity index (χ2n) is 1.52. The van der Waals surface area contributed by atoms with Crippen molar-refractivity contribution >= 4 is 10.5 Å². The third kappa shape index (κ3) is 3.98. The third-order valence-corrected chi connectivity index (χ3v) is 1.16. The van der Waals surface area contributed by atoms with Crippen LogP contribution < -0.4 is 0 Å². The Hall–Kier alpha value is 0.137. The quantitative estimate of drug-likeness (QED) is 0.487. The summed E-state index contributed by atoms with van der Waals surface area (Å²) in [6.45, 7) is 2.45. The minimum atomic E-state index is -0.238. The van der Waals surface area contributed by atoms with E-state index < -0.39 is 0 Å². The lowest BCUT2D eigenvalue weighted by Gasteiger charge is -2.03. The first-order valence-corrected chi connectivity index (χ1v) is 3.30. The summed E-state index contributed by atoms with van der Waals surface area (Å²) in [6.07, 6.45) is 0.555. The van der Waals surface area contributed by atoms with Gasteiger partial charge in [0.25, 0.3) is 0 Å². The zero-order valence-corrected chi connectivity index (χ0v) is 6.85. The zero-order chi connectivity index (χ0) is 5.70. The van der Waals surface area contributed by atoms with Gasteiger partial charge in [-0.05, 0) is 6.42 Å². The van der Waals surface area contributed by atoms with Gasteiger partial charge in [0.2, 0.25) is 0 Å². The molecule has 0 aromatic heterocycles. The lowest BCUT2D eigenvalue weighted by molar-refractivity contribution is 0.109. The molecule has 44 valence electrons. The Morgan fingerprint density at radius 1 is 1.86 bits per heavy atom. The minimum absolute atomic E-state index is 0.238. The van der Waals surface area contributed by atoms with Gasteiger partial charge in [-0.1, -0.05) is 6.92 Å². The van der Waals surface area contributed by atoms with Crippen molar-refractivity contribution in [2.75, 3.05) is 6.61 Å². The van der Waals surface area contributed by atoms with E-state index in [9.17, 15) is 0 Å². The normalized spacial score (nSPS) is 14.6. The van der Waals surface area contributed by atoms with E-state index in [1.807, 2.05) is 6.92 Å². The van der Waals surface area contributed by atoms with E-state index in [4.69, 9.17) is 9.53 Å².